The van der Waals surface area contributed by atoms with Gasteiger partial charge < -0.3 is 9.62 Å². The summed E-state index contributed by atoms with van der Waals surface area (Å²) in [6.07, 6.45) is 0. The molecule has 0 bridgehead atoms. The second-order valence-electron chi connectivity index (χ2n) is 13.4. The molecule has 0 saturated heterocycles. The number of nitrogens with zero attached hydrogens (tertiary/aromatic N) is 2. The molecule has 3 heteroatoms. The summed E-state index contributed by atoms with van der Waals surface area (Å²) in [6.45, 7) is 27.9. The first-order valence-corrected chi connectivity index (χ1v) is 15.2. The summed E-state index contributed by atoms with van der Waals surface area (Å²) in [5.74, 6) is 2.70. The first-order chi connectivity index (χ1) is 18.3. The van der Waals surface area contributed by atoms with Gasteiger partial charge in [0.15, 0.2) is 0 Å². The Labute approximate surface area is 240 Å². The van der Waals surface area contributed by atoms with Crippen molar-refractivity contribution in [1.29, 1.82) is 0 Å². The Morgan fingerprint density at radius 3 is 0.949 bits per heavy atom. The van der Waals surface area contributed by atoms with E-state index in [9.17, 15) is 0 Å². The van der Waals surface area contributed by atoms with E-state index in [4.69, 9.17) is 0 Å². The molecule has 0 aromatic heterocycles. The predicted molar refractivity (Wildman–Crippen MR) is 174 cm³/mol. The molecule has 1 heterocycles. The molecule has 39 heavy (non-hydrogen) atoms. The van der Waals surface area contributed by atoms with Crippen LogP contribution < -0.4 is 9.62 Å². The van der Waals surface area contributed by atoms with E-state index < -0.39 is 0 Å². The van der Waals surface area contributed by atoms with Crippen molar-refractivity contribution in [3.8, 4) is 0 Å². The van der Waals surface area contributed by atoms with Crippen molar-refractivity contribution in [3.63, 3.8) is 0 Å². The molecule has 0 unspecified atom stereocenters. The van der Waals surface area contributed by atoms with Crippen molar-refractivity contribution in [2.45, 2.75) is 119 Å². The lowest BCUT2D eigenvalue weighted by Gasteiger charge is -2.43. The quantitative estimate of drug-likeness (QED) is 0.272. The van der Waals surface area contributed by atoms with Gasteiger partial charge in [-0.1, -0.05) is 127 Å². The second-order valence-corrected chi connectivity index (χ2v) is 13.4. The van der Waals surface area contributed by atoms with Gasteiger partial charge in [-0.15, -0.1) is 0 Å². The van der Waals surface area contributed by atoms with Crippen LogP contribution >= 0.6 is 0 Å². The normalized spacial score (nSPS) is 13.8. The topological polar surface area (TPSA) is 6.48 Å². The summed E-state index contributed by atoms with van der Waals surface area (Å²) in [4.78, 5) is 4.99. The third-order valence-electron chi connectivity index (χ3n) is 8.32. The fourth-order valence-corrected chi connectivity index (χ4v) is 5.86. The average Bonchev–Trinajstić information content (AvgIpc) is 3.25. The highest BCUT2D eigenvalue weighted by Crippen LogP contribution is 2.51. The maximum absolute atomic E-state index is 2.49. The van der Waals surface area contributed by atoms with Gasteiger partial charge in [-0.2, -0.15) is 0 Å². The van der Waals surface area contributed by atoms with Crippen LogP contribution in [0.25, 0.3) is 0 Å². The maximum Gasteiger partial charge on any atom is 0.0178 e. The lowest BCUT2D eigenvalue weighted by Crippen LogP contribution is -2.32. The largest absolute Gasteiger partial charge is 0.557 e. The van der Waals surface area contributed by atoms with Gasteiger partial charge in [0, 0.05) is 22.7 Å². The molecule has 1 aliphatic rings. The van der Waals surface area contributed by atoms with Gasteiger partial charge in [0.25, 0.3) is 0 Å². The van der Waals surface area contributed by atoms with Crippen LogP contribution in [0, 0.1) is 0 Å². The van der Waals surface area contributed by atoms with Crippen molar-refractivity contribution >= 4 is 30.3 Å². The number of fused-ring (bicyclic) bond motifs is 1. The van der Waals surface area contributed by atoms with E-state index in [-0.39, 0.29) is 0 Å². The number of hydrogen-bond donors (Lipinski definition) is 0. The molecule has 2 radical (unpaired) electrons. The first kappa shape index (κ1) is 29.3. The Balaban J connectivity index is 2.00. The van der Waals surface area contributed by atoms with Crippen LogP contribution in [0.4, 0.5) is 22.7 Å². The van der Waals surface area contributed by atoms with Crippen LogP contribution in [0.15, 0.2) is 48.5 Å². The van der Waals surface area contributed by atoms with E-state index in [2.05, 4.69) is 149 Å². The average molecular weight is 522 g/mol. The Hall–Kier alpha value is -2.68. The van der Waals surface area contributed by atoms with Crippen LogP contribution in [0.2, 0.25) is 0 Å². The molecule has 0 aliphatic carbocycles. The van der Waals surface area contributed by atoms with Crippen LogP contribution in [0.1, 0.15) is 152 Å². The molecule has 0 spiro atoms. The number of anilines is 4. The van der Waals surface area contributed by atoms with Crippen molar-refractivity contribution in [3.05, 3.63) is 81.9 Å². The highest BCUT2D eigenvalue weighted by Gasteiger charge is 2.27. The highest BCUT2D eigenvalue weighted by molar-refractivity contribution is 6.55. The van der Waals surface area contributed by atoms with E-state index in [1.807, 2.05) is 0 Å². The summed E-state index contributed by atoms with van der Waals surface area (Å²) in [7, 11) is 2.38. The molecule has 0 N–H and O–H groups in total. The van der Waals surface area contributed by atoms with E-state index in [0.29, 0.717) is 35.5 Å². The zero-order chi connectivity index (χ0) is 28.8. The molecular weight excluding hydrogens is 471 g/mol. The minimum Gasteiger partial charge on any atom is -0.557 e. The molecule has 0 atom stereocenters. The van der Waals surface area contributed by atoms with E-state index in [1.165, 1.54) is 56.1 Å². The fraction of sp³-hybridized carbons (Fsp3) is 0.500. The SMILES string of the molecule is CC(C)c1cc(C(C)C)c(N2[B-]N(c3c(C(C)C)cc(C(C)C)cc3C(C)C)c3ccccc32)c(C(C)C)c1. The molecule has 0 fully saturated rings. The summed E-state index contributed by atoms with van der Waals surface area (Å²) < 4.78 is 0. The van der Waals surface area contributed by atoms with Crippen molar-refractivity contribution in [2.75, 3.05) is 9.62 Å². The fourth-order valence-electron chi connectivity index (χ4n) is 5.86. The molecule has 0 amide bonds. The second kappa shape index (κ2) is 11.4. The summed E-state index contributed by atoms with van der Waals surface area (Å²) >= 11 is 0. The highest BCUT2D eigenvalue weighted by atomic mass is 15.3. The minimum absolute atomic E-state index is 0.425. The van der Waals surface area contributed by atoms with Crippen molar-refractivity contribution in [1.82, 2.24) is 0 Å². The molecule has 4 rings (SSSR count). The number of hydrogen-bond acceptors (Lipinski definition) is 2. The molecule has 3 aromatic carbocycles. The Bertz CT molecular complexity index is 1160. The van der Waals surface area contributed by atoms with Crippen molar-refractivity contribution < 1.29 is 0 Å². The van der Waals surface area contributed by atoms with Crippen LogP contribution in [-0.4, -0.2) is 7.55 Å². The Kier molecular flexibility index (Phi) is 8.60. The van der Waals surface area contributed by atoms with Gasteiger partial charge in [-0.3, -0.25) is 0 Å². The van der Waals surface area contributed by atoms with Gasteiger partial charge in [0.1, 0.15) is 0 Å². The molecular formula is C36H50BN2-. The number of rotatable bonds is 8. The monoisotopic (exact) mass is 521 g/mol. The van der Waals surface area contributed by atoms with Gasteiger partial charge in [-0.25, -0.2) is 0 Å². The number of para-hydroxylation sites is 2. The summed E-state index contributed by atoms with van der Waals surface area (Å²) in [5.41, 5.74) is 13.8. The van der Waals surface area contributed by atoms with Crippen LogP contribution in [0.3, 0.4) is 0 Å². The first-order valence-electron chi connectivity index (χ1n) is 15.2. The lowest BCUT2D eigenvalue weighted by atomic mass is 9.84. The lowest BCUT2D eigenvalue weighted by molar-refractivity contribution is 0.804. The van der Waals surface area contributed by atoms with Gasteiger partial charge in [-0.05, 0) is 81.0 Å². The van der Waals surface area contributed by atoms with Gasteiger partial charge >= 0.3 is 0 Å². The molecule has 208 valence electrons. The summed E-state index contributed by atoms with van der Waals surface area (Å²) in [5, 5.41) is 0. The van der Waals surface area contributed by atoms with Crippen LogP contribution in [-0.2, 0) is 0 Å². The third kappa shape index (κ3) is 5.52. The third-order valence-corrected chi connectivity index (χ3v) is 8.32. The summed E-state index contributed by atoms with van der Waals surface area (Å²) in [6, 6.07) is 18.8. The van der Waals surface area contributed by atoms with E-state index >= 15 is 0 Å². The molecule has 2 nitrogen and oxygen atoms in total. The van der Waals surface area contributed by atoms with Gasteiger partial charge in [0.05, 0.1) is 0 Å². The van der Waals surface area contributed by atoms with Gasteiger partial charge in [0.2, 0.25) is 0 Å². The zero-order valence-corrected chi connectivity index (χ0v) is 26.6. The standard InChI is InChI=1S/C36H50BN2/c1-21(2)27-17-29(23(5)6)35(30(18-27)24(7)8)38-33-15-13-14-16-34(33)39(37-38)36-31(25(9)10)19-28(22(3)4)20-32(36)26(11)12/h13-26H,1-12H3/q-1. The Morgan fingerprint density at radius 2 is 0.718 bits per heavy atom. The smallest absolute Gasteiger partial charge is 0.0178 e. The number of benzene rings is 3. The minimum atomic E-state index is 0.425. The maximum atomic E-state index is 2.49. The Morgan fingerprint density at radius 1 is 0.436 bits per heavy atom. The molecule has 1 aliphatic heterocycles. The van der Waals surface area contributed by atoms with Crippen LogP contribution in [0.5, 0.6) is 0 Å². The van der Waals surface area contributed by atoms with E-state index in [1.54, 1.807) is 0 Å². The van der Waals surface area contributed by atoms with E-state index in [0.717, 1.165) is 0 Å². The predicted octanol–water partition coefficient (Wildman–Crippen LogP) is 11.3. The zero-order valence-electron chi connectivity index (χ0n) is 26.6. The van der Waals surface area contributed by atoms with Crippen molar-refractivity contribution in [2.24, 2.45) is 0 Å². The molecule has 3 aromatic rings. The molecule has 0 saturated carbocycles.